The fourth-order valence-electron chi connectivity index (χ4n) is 3.03. The van der Waals surface area contributed by atoms with Gasteiger partial charge in [-0.1, -0.05) is 77.9 Å². The Morgan fingerprint density at radius 2 is 1.75 bits per heavy atom. The molecule has 28 heavy (non-hydrogen) atoms. The molecule has 0 aliphatic carbocycles. The Morgan fingerprint density at radius 1 is 1.07 bits per heavy atom. The van der Waals surface area contributed by atoms with Gasteiger partial charge in [0.05, 0.1) is 5.75 Å². The summed E-state index contributed by atoms with van der Waals surface area (Å²) in [5.41, 5.74) is 4.24. The number of halogens is 1. The maximum absolute atomic E-state index is 12.6. The molecule has 0 aliphatic heterocycles. The summed E-state index contributed by atoms with van der Waals surface area (Å²) in [6.45, 7) is 4.20. The normalized spacial score (nSPS) is 10.9. The van der Waals surface area contributed by atoms with Gasteiger partial charge in [0.2, 0.25) is 5.91 Å². The molecule has 1 heterocycles. The molecule has 0 unspecified atom stereocenters. The number of hydrogen-bond acceptors (Lipinski definition) is 4. The number of aryl methyl sites for hydroxylation is 2. The van der Waals surface area contributed by atoms with Crippen LogP contribution in [0, 0.1) is 0 Å². The van der Waals surface area contributed by atoms with Crippen molar-refractivity contribution in [3.63, 3.8) is 0 Å². The maximum atomic E-state index is 12.6. The molecule has 1 amide bonds. The summed E-state index contributed by atoms with van der Waals surface area (Å²) in [7, 11) is 1.91. The lowest BCUT2D eigenvalue weighted by atomic mass is 10.0. The number of hydrogen-bond donors (Lipinski definition) is 1. The number of benzene rings is 2. The van der Waals surface area contributed by atoms with E-state index in [-0.39, 0.29) is 11.7 Å². The minimum absolute atomic E-state index is 0.0361. The second-order valence-electron chi connectivity index (χ2n) is 6.34. The van der Waals surface area contributed by atoms with Crippen LogP contribution < -0.4 is 5.32 Å². The van der Waals surface area contributed by atoms with E-state index in [2.05, 4.69) is 57.4 Å². The number of para-hydroxylation sites is 1. The van der Waals surface area contributed by atoms with E-state index in [9.17, 15) is 4.79 Å². The monoisotopic (exact) mass is 458 g/mol. The van der Waals surface area contributed by atoms with Crippen molar-refractivity contribution < 1.29 is 4.79 Å². The minimum Gasteiger partial charge on any atom is -0.325 e. The van der Waals surface area contributed by atoms with Crippen LogP contribution in [0.2, 0.25) is 0 Å². The van der Waals surface area contributed by atoms with Gasteiger partial charge in [-0.25, -0.2) is 0 Å². The molecule has 1 aromatic heterocycles. The molecule has 0 spiro atoms. The van der Waals surface area contributed by atoms with E-state index in [1.807, 2.05) is 41.9 Å². The van der Waals surface area contributed by atoms with Crippen LogP contribution in [0.25, 0.3) is 11.4 Å². The highest BCUT2D eigenvalue weighted by Crippen LogP contribution is 2.29. The number of amides is 1. The zero-order chi connectivity index (χ0) is 20.1. The molecular formula is C21H23BrN4OS. The molecule has 0 saturated heterocycles. The van der Waals surface area contributed by atoms with Crippen LogP contribution in [0.5, 0.6) is 0 Å². The smallest absolute Gasteiger partial charge is 0.234 e. The molecule has 0 saturated carbocycles. The van der Waals surface area contributed by atoms with E-state index in [1.54, 1.807) is 0 Å². The van der Waals surface area contributed by atoms with Gasteiger partial charge in [0.1, 0.15) is 0 Å². The molecule has 3 rings (SSSR count). The lowest BCUT2D eigenvalue weighted by Crippen LogP contribution is -2.17. The van der Waals surface area contributed by atoms with Crippen LogP contribution in [0.4, 0.5) is 5.69 Å². The fraction of sp³-hybridized carbons (Fsp3) is 0.286. The van der Waals surface area contributed by atoms with Crippen LogP contribution in [-0.4, -0.2) is 26.4 Å². The Hall–Kier alpha value is -2.12. The second kappa shape index (κ2) is 9.39. The number of nitrogens with zero attached hydrogens (tertiary/aromatic N) is 3. The van der Waals surface area contributed by atoms with Gasteiger partial charge in [-0.3, -0.25) is 4.79 Å². The van der Waals surface area contributed by atoms with Gasteiger partial charge in [0, 0.05) is 22.8 Å². The molecular weight excluding hydrogens is 436 g/mol. The Balaban J connectivity index is 1.71. The van der Waals surface area contributed by atoms with E-state index < -0.39 is 0 Å². The van der Waals surface area contributed by atoms with Crippen molar-refractivity contribution in [1.82, 2.24) is 14.8 Å². The zero-order valence-corrected chi connectivity index (χ0v) is 18.6. The van der Waals surface area contributed by atoms with Crippen LogP contribution in [0.1, 0.15) is 25.0 Å². The number of aromatic nitrogens is 3. The third kappa shape index (κ3) is 4.47. The SMILES string of the molecule is CCc1cccc(CC)c1NC(=O)CSc1nnc(-c2ccccc2Br)n1C. The molecule has 5 nitrogen and oxygen atoms in total. The first-order chi connectivity index (χ1) is 13.5. The Bertz CT molecular complexity index is 964. The van der Waals surface area contributed by atoms with Gasteiger partial charge in [-0.05, 0) is 30.0 Å². The average molecular weight is 459 g/mol. The van der Waals surface area contributed by atoms with Crippen molar-refractivity contribution in [1.29, 1.82) is 0 Å². The molecule has 0 aliphatic rings. The van der Waals surface area contributed by atoms with E-state index in [0.29, 0.717) is 5.16 Å². The van der Waals surface area contributed by atoms with Crippen molar-refractivity contribution in [3.05, 3.63) is 58.1 Å². The van der Waals surface area contributed by atoms with Gasteiger partial charge in [0.25, 0.3) is 0 Å². The molecule has 1 N–H and O–H groups in total. The predicted molar refractivity (Wildman–Crippen MR) is 119 cm³/mol. The van der Waals surface area contributed by atoms with Gasteiger partial charge in [-0.15, -0.1) is 10.2 Å². The van der Waals surface area contributed by atoms with Crippen LogP contribution in [0.15, 0.2) is 52.1 Å². The molecule has 146 valence electrons. The quantitative estimate of drug-likeness (QED) is 0.500. The first-order valence-corrected chi connectivity index (χ1v) is 11.0. The summed E-state index contributed by atoms with van der Waals surface area (Å²) in [5.74, 6) is 1.01. The number of carbonyl (C=O) groups excluding carboxylic acids is 1. The highest BCUT2D eigenvalue weighted by Gasteiger charge is 2.16. The summed E-state index contributed by atoms with van der Waals surface area (Å²) < 4.78 is 2.87. The van der Waals surface area contributed by atoms with Crippen molar-refractivity contribution >= 4 is 39.3 Å². The lowest BCUT2D eigenvalue weighted by molar-refractivity contribution is -0.113. The van der Waals surface area contributed by atoms with Crippen LogP contribution in [0.3, 0.4) is 0 Å². The Kier molecular flexibility index (Phi) is 6.91. The van der Waals surface area contributed by atoms with Gasteiger partial charge < -0.3 is 9.88 Å². The van der Waals surface area contributed by atoms with Crippen LogP contribution in [-0.2, 0) is 24.7 Å². The molecule has 0 atom stereocenters. The molecule has 0 bridgehead atoms. The average Bonchev–Trinajstić information content (AvgIpc) is 3.07. The van der Waals surface area contributed by atoms with Gasteiger partial charge in [-0.2, -0.15) is 0 Å². The first kappa shape index (κ1) is 20.6. The fourth-order valence-corrected chi connectivity index (χ4v) is 4.20. The third-order valence-electron chi connectivity index (χ3n) is 4.55. The molecule has 0 fully saturated rings. The Morgan fingerprint density at radius 3 is 2.39 bits per heavy atom. The molecule has 7 heteroatoms. The zero-order valence-electron chi connectivity index (χ0n) is 16.2. The number of carbonyl (C=O) groups is 1. The molecule has 2 aromatic carbocycles. The van der Waals surface area contributed by atoms with E-state index in [4.69, 9.17) is 0 Å². The lowest BCUT2D eigenvalue weighted by Gasteiger charge is -2.14. The first-order valence-electron chi connectivity index (χ1n) is 9.22. The number of nitrogens with one attached hydrogen (secondary N) is 1. The third-order valence-corrected chi connectivity index (χ3v) is 6.26. The predicted octanol–water partition coefficient (Wildman–Crippen LogP) is 5.10. The summed E-state index contributed by atoms with van der Waals surface area (Å²) >= 11 is 4.94. The van der Waals surface area contributed by atoms with Crippen molar-refractivity contribution in [2.75, 3.05) is 11.1 Å². The number of anilines is 1. The standard InChI is InChI=1S/C21H23BrN4OS/c1-4-14-9-8-10-15(5-2)19(14)23-18(27)13-28-21-25-24-20(26(21)3)16-11-6-7-12-17(16)22/h6-12H,4-5,13H2,1-3H3,(H,23,27). The van der Waals surface area contributed by atoms with Gasteiger partial charge >= 0.3 is 0 Å². The highest BCUT2D eigenvalue weighted by atomic mass is 79.9. The number of thioether (sulfide) groups is 1. The van der Waals surface area contributed by atoms with Crippen molar-refractivity contribution in [2.45, 2.75) is 31.8 Å². The summed E-state index contributed by atoms with van der Waals surface area (Å²) in [6, 6.07) is 14.1. The Labute approximate surface area is 178 Å². The van der Waals surface area contributed by atoms with Crippen molar-refractivity contribution in [3.8, 4) is 11.4 Å². The molecule has 3 aromatic rings. The van der Waals surface area contributed by atoms with Crippen LogP contribution >= 0.6 is 27.7 Å². The highest BCUT2D eigenvalue weighted by molar-refractivity contribution is 9.10. The molecule has 0 radical (unpaired) electrons. The van der Waals surface area contributed by atoms with Crippen molar-refractivity contribution in [2.24, 2.45) is 7.05 Å². The number of rotatable bonds is 7. The summed E-state index contributed by atoms with van der Waals surface area (Å²) in [4.78, 5) is 12.6. The van der Waals surface area contributed by atoms with E-state index >= 15 is 0 Å². The van der Waals surface area contributed by atoms with E-state index in [1.165, 1.54) is 11.8 Å². The second-order valence-corrected chi connectivity index (χ2v) is 8.14. The van der Waals surface area contributed by atoms with E-state index in [0.717, 1.165) is 45.5 Å². The van der Waals surface area contributed by atoms with Gasteiger partial charge in [0.15, 0.2) is 11.0 Å². The maximum Gasteiger partial charge on any atom is 0.234 e. The summed E-state index contributed by atoms with van der Waals surface area (Å²) in [5, 5.41) is 12.4. The topological polar surface area (TPSA) is 59.8 Å². The largest absolute Gasteiger partial charge is 0.325 e. The minimum atomic E-state index is -0.0361. The summed E-state index contributed by atoms with van der Waals surface area (Å²) in [6.07, 6.45) is 1.77.